The molecule has 0 spiro atoms. The molecule has 0 radical (unpaired) electrons. The van der Waals surface area contributed by atoms with Gasteiger partial charge in [0.05, 0.1) is 30.9 Å². The van der Waals surface area contributed by atoms with E-state index in [0.29, 0.717) is 16.7 Å². The molecule has 2 aliphatic heterocycles. The van der Waals surface area contributed by atoms with Crippen molar-refractivity contribution in [1.82, 2.24) is 0 Å². The zero-order chi connectivity index (χ0) is 23.3. The number of ether oxygens (including phenoxy) is 3. The van der Waals surface area contributed by atoms with Crippen LogP contribution >= 0.6 is 0 Å². The summed E-state index contributed by atoms with van der Waals surface area (Å²) < 4.78 is 12.6. The number of fused-ring (bicyclic) bond motifs is 1. The quantitative estimate of drug-likeness (QED) is 0.301. The summed E-state index contributed by atoms with van der Waals surface area (Å²) in [7, 11) is 1.33. The average molecular weight is 422 g/mol. The van der Waals surface area contributed by atoms with Crippen molar-refractivity contribution in [3.8, 4) is 0 Å². The number of aliphatic hydroxyl groups is 2. The van der Waals surface area contributed by atoms with Gasteiger partial charge in [-0.15, -0.1) is 0 Å². The number of aliphatic hydroxyl groups excluding tert-OH is 2. The van der Waals surface area contributed by atoms with Crippen molar-refractivity contribution < 1.29 is 48.4 Å². The summed E-state index contributed by atoms with van der Waals surface area (Å²) in [5, 5.41) is 16.0. The van der Waals surface area contributed by atoms with E-state index < -0.39 is 30.0 Å². The van der Waals surface area contributed by atoms with Crippen molar-refractivity contribution in [2.24, 2.45) is 0 Å². The summed E-state index contributed by atoms with van der Waals surface area (Å²) in [5.41, 5.74) is 1.15. The number of esters is 5. The van der Waals surface area contributed by atoms with Crippen LogP contribution in [-0.4, -0.2) is 59.9 Å². The fraction of sp³-hybridized carbons (Fsp3) is 0.250. The Balaban J connectivity index is 0.000000393. The minimum atomic E-state index is -0.579. The molecule has 0 fully saturated rings. The lowest BCUT2D eigenvalue weighted by Crippen LogP contribution is -2.03. The molecule has 0 aromatic heterocycles. The second-order valence-electron chi connectivity index (χ2n) is 5.60. The monoisotopic (exact) mass is 422 g/mol. The molecule has 10 nitrogen and oxygen atoms in total. The Kier molecular flexibility index (Phi) is 11.9. The molecule has 162 valence electrons. The lowest BCUT2D eigenvalue weighted by molar-refractivity contribution is -0.150. The van der Waals surface area contributed by atoms with Gasteiger partial charge in [0, 0.05) is 17.7 Å². The zero-order valence-electron chi connectivity index (χ0n) is 16.6. The summed E-state index contributed by atoms with van der Waals surface area (Å²) >= 11 is 0. The molecular weight excluding hydrogens is 400 g/mol. The van der Waals surface area contributed by atoms with Gasteiger partial charge in [-0.05, 0) is 26.0 Å². The molecule has 1 aromatic rings. The average Bonchev–Trinajstić information content (AvgIpc) is 3.23. The summed E-state index contributed by atoms with van der Waals surface area (Å²) in [6, 6.07) is 6.53. The Morgan fingerprint density at radius 3 is 1.63 bits per heavy atom. The van der Waals surface area contributed by atoms with Crippen LogP contribution in [0, 0.1) is 0 Å². The molecule has 2 aliphatic rings. The second kappa shape index (κ2) is 13.5. The van der Waals surface area contributed by atoms with Gasteiger partial charge >= 0.3 is 29.8 Å². The van der Waals surface area contributed by atoms with E-state index >= 15 is 0 Å². The van der Waals surface area contributed by atoms with Gasteiger partial charge in [0.15, 0.2) is 0 Å². The highest BCUT2D eigenvalue weighted by atomic mass is 16.6. The van der Waals surface area contributed by atoms with E-state index in [2.05, 4.69) is 20.8 Å². The molecule has 0 bridgehead atoms. The maximum atomic E-state index is 10.8. The third kappa shape index (κ3) is 10.1. The standard InChI is InChI=1S/C8H4O3.C5H8O2.C4H2O3.C3H8O2/c9-7-5-3-1-2-4-6(5)8(10)11-7;1-4(2)5(6)7-3;5-3-1-2-4(6)7-3;1-3(5)2-4/h1-4H;1H2,2-3H3;1-2H;3-5H,2H2,1H3. The third-order valence-corrected chi connectivity index (χ3v) is 2.91. The molecule has 1 unspecified atom stereocenters. The van der Waals surface area contributed by atoms with E-state index in [1.165, 1.54) is 14.0 Å². The first kappa shape index (κ1) is 26.4. The number of cyclic esters (lactones) is 4. The van der Waals surface area contributed by atoms with Crippen molar-refractivity contribution >= 4 is 29.8 Å². The number of hydrogen-bond acceptors (Lipinski definition) is 10. The first-order valence-corrected chi connectivity index (χ1v) is 8.35. The highest BCUT2D eigenvalue weighted by Gasteiger charge is 2.28. The van der Waals surface area contributed by atoms with Gasteiger partial charge in [-0.3, -0.25) is 0 Å². The van der Waals surface area contributed by atoms with Crippen LogP contribution in [0.25, 0.3) is 0 Å². The molecule has 0 saturated carbocycles. The van der Waals surface area contributed by atoms with Crippen LogP contribution < -0.4 is 0 Å². The SMILES string of the molecule is C=C(C)C(=O)OC.CC(O)CO.O=C1C=CC(=O)O1.O=C1OC(=O)c2ccccc21. The molecule has 2 heterocycles. The summed E-state index contributed by atoms with van der Waals surface area (Å²) in [6.45, 7) is 6.34. The highest BCUT2D eigenvalue weighted by Crippen LogP contribution is 2.18. The van der Waals surface area contributed by atoms with Crippen LogP contribution in [0.1, 0.15) is 34.6 Å². The lowest BCUT2D eigenvalue weighted by atomic mass is 10.1. The Bertz CT molecular complexity index is 787. The Labute approximate surface area is 172 Å². The molecule has 30 heavy (non-hydrogen) atoms. The minimum Gasteiger partial charge on any atom is -0.466 e. The van der Waals surface area contributed by atoms with Gasteiger partial charge < -0.3 is 24.4 Å². The van der Waals surface area contributed by atoms with Gasteiger partial charge in [-0.1, -0.05) is 18.7 Å². The summed E-state index contributed by atoms with van der Waals surface area (Å²) in [5.74, 6) is -2.61. The molecule has 1 atom stereocenters. The number of rotatable bonds is 2. The van der Waals surface area contributed by atoms with Crippen molar-refractivity contribution in [2.45, 2.75) is 20.0 Å². The van der Waals surface area contributed by atoms with E-state index in [1.807, 2.05) is 0 Å². The smallest absolute Gasteiger partial charge is 0.346 e. The van der Waals surface area contributed by atoms with E-state index in [4.69, 9.17) is 10.2 Å². The first-order chi connectivity index (χ1) is 14.0. The fourth-order valence-electron chi connectivity index (χ4n) is 1.51. The van der Waals surface area contributed by atoms with E-state index in [-0.39, 0.29) is 12.6 Å². The van der Waals surface area contributed by atoms with Crippen LogP contribution in [0.3, 0.4) is 0 Å². The van der Waals surface area contributed by atoms with E-state index in [0.717, 1.165) is 12.2 Å². The van der Waals surface area contributed by atoms with Crippen LogP contribution in [-0.2, 0) is 28.6 Å². The normalized spacial score (nSPS) is 13.8. The number of hydrogen-bond donors (Lipinski definition) is 2. The van der Waals surface area contributed by atoms with Gasteiger partial charge in [-0.2, -0.15) is 0 Å². The maximum absolute atomic E-state index is 10.8. The lowest BCUT2D eigenvalue weighted by Gasteiger charge is -1.91. The number of benzene rings is 1. The molecule has 0 aliphatic carbocycles. The predicted molar refractivity (Wildman–Crippen MR) is 102 cm³/mol. The van der Waals surface area contributed by atoms with Crippen molar-refractivity contribution in [3.63, 3.8) is 0 Å². The van der Waals surface area contributed by atoms with Crippen LogP contribution in [0.4, 0.5) is 0 Å². The van der Waals surface area contributed by atoms with Crippen LogP contribution in [0.2, 0.25) is 0 Å². The Morgan fingerprint density at radius 1 is 1.03 bits per heavy atom. The number of carbonyl (C=O) groups excluding carboxylic acids is 5. The highest BCUT2D eigenvalue weighted by molar-refractivity contribution is 6.14. The Hall–Kier alpha value is -3.63. The third-order valence-electron chi connectivity index (χ3n) is 2.91. The molecule has 10 heteroatoms. The maximum Gasteiger partial charge on any atom is 0.346 e. The van der Waals surface area contributed by atoms with E-state index in [1.54, 1.807) is 31.2 Å². The van der Waals surface area contributed by atoms with Crippen molar-refractivity contribution in [3.05, 3.63) is 59.7 Å². The topological polar surface area (TPSA) is 154 Å². The zero-order valence-corrected chi connectivity index (χ0v) is 16.6. The second-order valence-corrected chi connectivity index (χ2v) is 5.60. The number of carbonyl (C=O) groups is 5. The van der Waals surface area contributed by atoms with Gasteiger partial charge in [0.25, 0.3) is 0 Å². The van der Waals surface area contributed by atoms with Crippen molar-refractivity contribution in [2.75, 3.05) is 13.7 Å². The largest absolute Gasteiger partial charge is 0.466 e. The van der Waals surface area contributed by atoms with Crippen LogP contribution in [0.15, 0.2) is 48.6 Å². The molecule has 1 aromatic carbocycles. The minimum absolute atomic E-state index is 0.139. The molecule has 0 saturated heterocycles. The summed E-state index contributed by atoms with van der Waals surface area (Å²) in [4.78, 5) is 51.7. The van der Waals surface area contributed by atoms with Gasteiger partial charge in [0.2, 0.25) is 0 Å². The first-order valence-electron chi connectivity index (χ1n) is 8.35. The molecule has 3 rings (SSSR count). The van der Waals surface area contributed by atoms with E-state index in [9.17, 15) is 24.0 Å². The van der Waals surface area contributed by atoms with Gasteiger partial charge in [0.1, 0.15) is 0 Å². The molecular formula is C20H22O10. The van der Waals surface area contributed by atoms with Gasteiger partial charge in [-0.25, -0.2) is 24.0 Å². The fourth-order valence-corrected chi connectivity index (χ4v) is 1.51. The summed E-state index contributed by atoms with van der Waals surface area (Å²) in [6.07, 6.45) is 1.61. The molecule has 0 amide bonds. The Morgan fingerprint density at radius 2 is 1.43 bits per heavy atom. The number of methoxy groups -OCH3 is 1. The molecule has 2 N–H and O–H groups in total. The van der Waals surface area contributed by atoms with Crippen molar-refractivity contribution in [1.29, 1.82) is 0 Å². The predicted octanol–water partition coefficient (Wildman–Crippen LogP) is 0.718. The van der Waals surface area contributed by atoms with Crippen LogP contribution in [0.5, 0.6) is 0 Å².